The number of nitrogens with two attached hydrogens (primary N) is 1. The van der Waals surface area contributed by atoms with E-state index in [2.05, 4.69) is 10.2 Å². The van der Waals surface area contributed by atoms with Crippen LogP contribution in [0.3, 0.4) is 0 Å². The molecule has 128 valence electrons. The SMILES string of the molecule is Nc1c(N=Nc2ccsc2C(=O)O)cc(S(=O)(=O)O)c2ccccc12. The number of carboxylic acid groups (broad SMARTS) is 1. The fourth-order valence-electron chi connectivity index (χ4n) is 2.30. The number of aromatic carboxylic acids is 1. The van der Waals surface area contributed by atoms with Gasteiger partial charge in [-0.2, -0.15) is 8.42 Å². The minimum absolute atomic E-state index is 0.00175. The minimum Gasteiger partial charge on any atom is -0.477 e. The summed E-state index contributed by atoms with van der Waals surface area (Å²) in [5.74, 6) is -1.14. The van der Waals surface area contributed by atoms with Crippen molar-refractivity contribution in [3.63, 3.8) is 0 Å². The molecular formula is C15H11N3O5S2. The number of azo groups is 1. The molecule has 1 aromatic heterocycles. The number of carboxylic acids is 1. The zero-order chi connectivity index (χ0) is 18.2. The van der Waals surface area contributed by atoms with Crippen molar-refractivity contribution in [1.82, 2.24) is 0 Å². The van der Waals surface area contributed by atoms with Crippen LogP contribution in [0.25, 0.3) is 10.8 Å². The summed E-state index contributed by atoms with van der Waals surface area (Å²) in [4.78, 5) is 10.7. The molecule has 0 spiro atoms. The second kappa shape index (κ2) is 6.24. The Morgan fingerprint density at radius 3 is 2.36 bits per heavy atom. The Kier molecular flexibility index (Phi) is 4.25. The van der Waals surface area contributed by atoms with E-state index in [0.717, 1.165) is 17.4 Å². The van der Waals surface area contributed by atoms with Gasteiger partial charge in [0.15, 0.2) is 0 Å². The predicted molar refractivity (Wildman–Crippen MR) is 93.6 cm³/mol. The van der Waals surface area contributed by atoms with Crippen LogP contribution in [-0.4, -0.2) is 24.0 Å². The largest absolute Gasteiger partial charge is 0.477 e. The number of carbonyl (C=O) groups is 1. The minimum atomic E-state index is -4.51. The van der Waals surface area contributed by atoms with Crippen LogP contribution in [-0.2, 0) is 10.1 Å². The van der Waals surface area contributed by atoms with Gasteiger partial charge in [-0.25, -0.2) is 4.79 Å². The van der Waals surface area contributed by atoms with E-state index in [1.165, 1.54) is 12.1 Å². The van der Waals surface area contributed by atoms with Crippen LogP contribution in [0.15, 0.2) is 56.9 Å². The molecule has 0 amide bonds. The van der Waals surface area contributed by atoms with Gasteiger partial charge in [0, 0.05) is 10.8 Å². The number of thiophene rings is 1. The van der Waals surface area contributed by atoms with Crippen molar-refractivity contribution < 1.29 is 22.9 Å². The molecule has 0 saturated heterocycles. The molecule has 0 unspecified atom stereocenters. The lowest BCUT2D eigenvalue weighted by Gasteiger charge is -2.09. The molecule has 3 aromatic rings. The molecule has 4 N–H and O–H groups in total. The van der Waals surface area contributed by atoms with Gasteiger partial charge in [-0.1, -0.05) is 24.3 Å². The Labute approximate surface area is 146 Å². The van der Waals surface area contributed by atoms with Gasteiger partial charge in [-0.15, -0.1) is 21.6 Å². The van der Waals surface area contributed by atoms with E-state index >= 15 is 0 Å². The van der Waals surface area contributed by atoms with Crippen LogP contribution >= 0.6 is 11.3 Å². The van der Waals surface area contributed by atoms with Crippen LogP contribution in [0.4, 0.5) is 17.1 Å². The highest BCUT2D eigenvalue weighted by atomic mass is 32.2. The quantitative estimate of drug-likeness (QED) is 0.358. The van der Waals surface area contributed by atoms with E-state index in [1.807, 2.05) is 0 Å². The zero-order valence-corrected chi connectivity index (χ0v) is 14.1. The molecule has 0 aliphatic heterocycles. The molecule has 0 aliphatic rings. The fourth-order valence-corrected chi connectivity index (χ4v) is 3.68. The van der Waals surface area contributed by atoms with E-state index in [-0.39, 0.29) is 32.2 Å². The number of anilines is 1. The van der Waals surface area contributed by atoms with Crippen molar-refractivity contribution in [2.24, 2.45) is 10.2 Å². The van der Waals surface area contributed by atoms with Crippen LogP contribution in [0, 0.1) is 0 Å². The van der Waals surface area contributed by atoms with Gasteiger partial charge in [0.1, 0.15) is 21.1 Å². The number of hydrogen-bond donors (Lipinski definition) is 3. The molecule has 25 heavy (non-hydrogen) atoms. The van der Waals surface area contributed by atoms with Crippen molar-refractivity contribution in [1.29, 1.82) is 0 Å². The second-order valence-electron chi connectivity index (χ2n) is 4.97. The normalized spacial score (nSPS) is 12.0. The summed E-state index contributed by atoms with van der Waals surface area (Å²) in [7, 11) is -4.51. The summed E-state index contributed by atoms with van der Waals surface area (Å²) >= 11 is 0.987. The first-order chi connectivity index (χ1) is 11.8. The third-order valence-electron chi connectivity index (χ3n) is 3.41. The Morgan fingerprint density at radius 1 is 1.08 bits per heavy atom. The van der Waals surface area contributed by atoms with E-state index in [4.69, 9.17) is 10.8 Å². The summed E-state index contributed by atoms with van der Waals surface area (Å²) in [6.45, 7) is 0. The van der Waals surface area contributed by atoms with Crippen molar-refractivity contribution >= 4 is 55.3 Å². The van der Waals surface area contributed by atoms with Crippen molar-refractivity contribution in [2.75, 3.05) is 5.73 Å². The molecule has 0 bridgehead atoms. The Morgan fingerprint density at radius 2 is 1.72 bits per heavy atom. The Hall–Kier alpha value is -2.82. The van der Waals surface area contributed by atoms with Crippen molar-refractivity contribution in [3.05, 3.63) is 46.7 Å². The van der Waals surface area contributed by atoms with Crippen molar-refractivity contribution in [2.45, 2.75) is 4.90 Å². The topological polar surface area (TPSA) is 142 Å². The number of nitrogen functional groups attached to an aromatic ring is 1. The Balaban J connectivity index is 2.20. The maximum absolute atomic E-state index is 11.7. The number of nitrogens with zero attached hydrogens (tertiary/aromatic N) is 2. The van der Waals surface area contributed by atoms with Crippen molar-refractivity contribution in [3.8, 4) is 0 Å². The van der Waals surface area contributed by atoms with Crippen LogP contribution in [0.2, 0.25) is 0 Å². The van der Waals surface area contributed by atoms with Crippen LogP contribution in [0.1, 0.15) is 9.67 Å². The van der Waals surface area contributed by atoms with E-state index in [9.17, 15) is 17.8 Å². The average Bonchev–Trinajstić information content (AvgIpc) is 3.02. The molecule has 0 atom stereocenters. The van der Waals surface area contributed by atoms with E-state index < -0.39 is 16.1 Å². The number of rotatable bonds is 4. The molecule has 0 saturated carbocycles. The third-order valence-corrected chi connectivity index (χ3v) is 5.19. The molecule has 8 nitrogen and oxygen atoms in total. The first-order valence-electron chi connectivity index (χ1n) is 6.80. The lowest BCUT2D eigenvalue weighted by Crippen LogP contribution is -2.01. The van der Waals surface area contributed by atoms with Gasteiger partial charge in [0.05, 0.1) is 5.69 Å². The van der Waals surface area contributed by atoms with Gasteiger partial charge in [0.2, 0.25) is 0 Å². The smallest absolute Gasteiger partial charge is 0.348 e. The summed E-state index contributed by atoms with van der Waals surface area (Å²) < 4.78 is 32.8. The predicted octanol–water partition coefficient (Wildman–Crippen LogP) is 3.84. The molecule has 0 fully saturated rings. The first kappa shape index (κ1) is 17.0. The van der Waals surface area contributed by atoms with Gasteiger partial charge < -0.3 is 10.8 Å². The fraction of sp³-hybridized carbons (Fsp3) is 0. The average molecular weight is 377 g/mol. The van der Waals surface area contributed by atoms with Gasteiger partial charge >= 0.3 is 5.97 Å². The highest BCUT2D eigenvalue weighted by Gasteiger charge is 2.18. The van der Waals surface area contributed by atoms with E-state index in [1.54, 1.807) is 23.6 Å². The number of hydrogen-bond acceptors (Lipinski definition) is 7. The maximum atomic E-state index is 11.7. The van der Waals surface area contributed by atoms with Crippen LogP contribution in [0.5, 0.6) is 0 Å². The van der Waals surface area contributed by atoms with Gasteiger partial charge in [-0.3, -0.25) is 4.55 Å². The molecule has 10 heteroatoms. The lowest BCUT2D eigenvalue weighted by molar-refractivity contribution is 0.0703. The number of fused-ring (bicyclic) bond motifs is 1. The maximum Gasteiger partial charge on any atom is 0.348 e. The Bertz CT molecular complexity index is 1120. The summed E-state index contributed by atoms with van der Waals surface area (Å²) in [5, 5.41) is 19.0. The second-order valence-corrected chi connectivity index (χ2v) is 7.27. The highest BCUT2D eigenvalue weighted by molar-refractivity contribution is 7.86. The molecule has 3 rings (SSSR count). The first-order valence-corrected chi connectivity index (χ1v) is 9.12. The third kappa shape index (κ3) is 3.22. The molecular weight excluding hydrogens is 366 g/mol. The zero-order valence-electron chi connectivity index (χ0n) is 12.4. The lowest BCUT2D eigenvalue weighted by atomic mass is 10.1. The molecule has 2 aromatic carbocycles. The van der Waals surface area contributed by atoms with Gasteiger partial charge in [0.25, 0.3) is 10.1 Å². The summed E-state index contributed by atoms with van der Waals surface area (Å²) in [6.07, 6.45) is 0. The summed E-state index contributed by atoms with van der Waals surface area (Å²) in [5.41, 5.74) is 6.32. The van der Waals surface area contributed by atoms with Crippen LogP contribution < -0.4 is 5.73 Å². The molecule has 0 radical (unpaired) electrons. The van der Waals surface area contributed by atoms with E-state index in [0.29, 0.717) is 5.39 Å². The summed E-state index contributed by atoms with van der Waals surface area (Å²) in [6, 6.07) is 8.95. The standard InChI is InChI=1S/C15H11N3O5S2/c16-13-9-4-2-1-3-8(9)12(25(21,22)23)7-11(13)18-17-10-5-6-24-14(10)15(19)20/h1-7H,16H2,(H,19,20)(H,21,22,23). The number of benzene rings is 2. The highest BCUT2D eigenvalue weighted by Crippen LogP contribution is 2.37. The molecule has 0 aliphatic carbocycles. The monoisotopic (exact) mass is 377 g/mol. The van der Waals surface area contributed by atoms with Gasteiger partial charge in [-0.05, 0) is 17.5 Å². The molecule has 1 heterocycles.